The van der Waals surface area contributed by atoms with Gasteiger partial charge in [0, 0.05) is 5.02 Å². The van der Waals surface area contributed by atoms with Crippen LogP contribution in [0.25, 0.3) is 0 Å². The van der Waals surface area contributed by atoms with E-state index in [4.69, 9.17) is 16.3 Å². The van der Waals surface area contributed by atoms with Crippen LogP contribution in [0.2, 0.25) is 5.02 Å². The average Bonchev–Trinajstić information content (AvgIpc) is 2.27. The summed E-state index contributed by atoms with van der Waals surface area (Å²) in [6.07, 6.45) is 2.32. The van der Waals surface area contributed by atoms with Gasteiger partial charge in [-0.15, -0.1) is 0 Å². The third-order valence-electron chi connectivity index (χ3n) is 2.29. The van der Waals surface area contributed by atoms with Crippen molar-refractivity contribution < 1.29 is 4.74 Å². The van der Waals surface area contributed by atoms with Crippen LogP contribution in [0.15, 0.2) is 24.3 Å². The lowest BCUT2D eigenvalue weighted by molar-refractivity contribution is 0.187. The molecule has 1 unspecified atom stereocenters. The number of hydrogen-bond donors (Lipinski definition) is 1. The van der Waals surface area contributed by atoms with Gasteiger partial charge in [-0.1, -0.05) is 18.5 Å². The average molecular weight is 228 g/mol. The van der Waals surface area contributed by atoms with Gasteiger partial charge in [-0.25, -0.2) is 0 Å². The molecule has 0 amide bonds. The highest BCUT2D eigenvalue weighted by Crippen LogP contribution is 2.18. The minimum absolute atomic E-state index is 0.277. The largest absolute Gasteiger partial charge is 0.490 e. The van der Waals surface area contributed by atoms with Gasteiger partial charge in [0.25, 0.3) is 0 Å². The Morgan fingerprint density at radius 3 is 2.53 bits per heavy atom. The van der Waals surface area contributed by atoms with Crippen LogP contribution in [0.1, 0.15) is 19.8 Å². The maximum atomic E-state index is 5.82. The van der Waals surface area contributed by atoms with E-state index >= 15 is 0 Å². The molecule has 0 aliphatic carbocycles. The van der Waals surface area contributed by atoms with Gasteiger partial charge in [-0.3, -0.25) is 0 Å². The van der Waals surface area contributed by atoms with Gasteiger partial charge >= 0.3 is 0 Å². The number of hydrogen-bond acceptors (Lipinski definition) is 2. The Labute approximate surface area is 96.6 Å². The molecule has 0 fully saturated rings. The highest BCUT2D eigenvalue weighted by Gasteiger charge is 2.06. The summed E-state index contributed by atoms with van der Waals surface area (Å²) in [5.41, 5.74) is 0. The molecular formula is C12H18ClNO. The molecule has 0 aromatic heterocycles. The topological polar surface area (TPSA) is 21.3 Å². The summed E-state index contributed by atoms with van der Waals surface area (Å²) in [4.78, 5) is 0. The zero-order chi connectivity index (χ0) is 11.1. The molecule has 0 bridgehead atoms. The SMILES string of the molecule is CCC(CCNC)Oc1ccc(Cl)cc1. The molecule has 1 aromatic carbocycles. The van der Waals surface area contributed by atoms with Gasteiger partial charge in [-0.05, 0) is 50.7 Å². The summed E-state index contributed by atoms with van der Waals surface area (Å²) >= 11 is 5.80. The van der Waals surface area contributed by atoms with Crippen LogP contribution < -0.4 is 10.1 Å². The van der Waals surface area contributed by atoms with Crippen molar-refractivity contribution in [3.8, 4) is 5.75 Å². The van der Waals surface area contributed by atoms with Crippen molar-refractivity contribution in [2.24, 2.45) is 0 Å². The summed E-state index contributed by atoms with van der Waals surface area (Å²) in [6, 6.07) is 7.51. The fraction of sp³-hybridized carbons (Fsp3) is 0.500. The van der Waals surface area contributed by atoms with Gasteiger partial charge in [-0.2, -0.15) is 0 Å². The van der Waals surface area contributed by atoms with Gasteiger partial charge in [0.1, 0.15) is 5.75 Å². The first kappa shape index (κ1) is 12.3. The van der Waals surface area contributed by atoms with Crippen molar-refractivity contribution in [3.05, 3.63) is 29.3 Å². The Balaban J connectivity index is 2.47. The third-order valence-corrected chi connectivity index (χ3v) is 2.54. The highest BCUT2D eigenvalue weighted by atomic mass is 35.5. The monoisotopic (exact) mass is 227 g/mol. The first-order valence-electron chi connectivity index (χ1n) is 5.33. The number of ether oxygens (including phenoxy) is 1. The molecule has 0 heterocycles. The smallest absolute Gasteiger partial charge is 0.119 e. The quantitative estimate of drug-likeness (QED) is 0.807. The second-order valence-electron chi connectivity index (χ2n) is 3.49. The summed E-state index contributed by atoms with van der Waals surface area (Å²) in [6.45, 7) is 3.11. The van der Waals surface area contributed by atoms with Crippen molar-refractivity contribution in [3.63, 3.8) is 0 Å². The van der Waals surface area contributed by atoms with Gasteiger partial charge in [0.05, 0.1) is 6.10 Å². The molecule has 1 rings (SSSR count). The molecule has 0 aliphatic rings. The molecule has 0 radical (unpaired) electrons. The molecule has 1 atom stereocenters. The van der Waals surface area contributed by atoms with Crippen LogP contribution in [-0.2, 0) is 0 Å². The van der Waals surface area contributed by atoms with E-state index in [2.05, 4.69) is 12.2 Å². The van der Waals surface area contributed by atoms with Crippen molar-refractivity contribution >= 4 is 11.6 Å². The van der Waals surface area contributed by atoms with Gasteiger partial charge < -0.3 is 10.1 Å². The first-order chi connectivity index (χ1) is 7.26. The van der Waals surface area contributed by atoms with E-state index in [-0.39, 0.29) is 6.10 Å². The van der Waals surface area contributed by atoms with Crippen LogP contribution in [-0.4, -0.2) is 19.7 Å². The Morgan fingerprint density at radius 1 is 1.33 bits per heavy atom. The lowest BCUT2D eigenvalue weighted by atomic mass is 10.2. The van der Waals surface area contributed by atoms with Gasteiger partial charge in [0.15, 0.2) is 0 Å². The van der Waals surface area contributed by atoms with E-state index in [1.54, 1.807) is 0 Å². The van der Waals surface area contributed by atoms with Crippen LogP contribution in [0.4, 0.5) is 0 Å². The Hall–Kier alpha value is -0.730. The number of rotatable bonds is 6. The normalized spacial score (nSPS) is 12.5. The maximum Gasteiger partial charge on any atom is 0.119 e. The molecule has 1 N–H and O–H groups in total. The minimum Gasteiger partial charge on any atom is -0.490 e. The summed E-state index contributed by atoms with van der Waals surface area (Å²) in [7, 11) is 1.95. The molecule has 3 heteroatoms. The van der Waals surface area contributed by atoms with Crippen molar-refractivity contribution in [1.82, 2.24) is 5.32 Å². The van der Waals surface area contributed by atoms with Crippen LogP contribution in [0, 0.1) is 0 Å². The third kappa shape index (κ3) is 4.54. The van der Waals surface area contributed by atoms with Crippen LogP contribution in [0.3, 0.4) is 0 Å². The van der Waals surface area contributed by atoms with E-state index in [1.807, 2.05) is 31.3 Å². The number of nitrogens with one attached hydrogen (secondary N) is 1. The van der Waals surface area contributed by atoms with E-state index < -0.39 is 0 Å². The summed E-state index contributed by atoms with van der Waals surface area (Å²) in [5.74, 6) is 0.891. The molecule has 0 saturated carbocycles. The molecule has 15 heavy (non-hydrogen) atoms. The van der Waals surface area contributed by atoms with E-state index in [9.17, 15) is 0 Å². The number of benzene rings is 1. The van der Waals surface area contributed by atoms with E-state index in [0.717, 1.165) is 30.2 Å². The fourth-order valence-electron chi connectivity index (χ4n) is 1.36. The van der Waals surface area contributed by atoms with Crippen LogP contribution in [0.5, 0.6) is 5.75 Å². The Bertz CT molecular complexity index is 273. The fourth-order valence-corrected chi connectivity index (χ4v) is 1.48. The number of halogens is 1. The van der Waals surface area contributed by atoms with E-state index in [1.165, 1.54) is 0 Å². The van der Waals surface area contributed by atoms with E-state index in [0.29, 0.717) is 0 Å². The highest BCUT2D eigenvalue weighted by molar-refractivity contribution is 6.30. The standard InChI is InChI=1S/C12H18ClNO/c1-3-11(8-9-14-2)15-12-6-4-10(13)5-7-12/h4-7,11,14H,3,8-9H2,1-2H3. The van der Waals surface area contributed by atoms with Crippen LogP contribution >= 0.6 is 11.6 Å². The van der Waals surface area contributed by atoms with Crippen molar-refractivity contribution in [2.45, 2.75) is 25.9 Å². The van der Waals surface area contributed by atoms with Crippen molar-refractivity contribution in [2.75, 3.05) is 13.6 Å². The Morgan fingerprint density at radius 2 is 2.00 bits per heavy atom. The molecule has 1 aromatic rings. The predicted octanol–water partition coefficient (Wildman–Crippen LogP) is 3.11. The second-order valence-corrected chi connectivity index (χ2v) is 3.93. The molecule has 0 spiro atoms. The summed E-state index contributed by atoms with van der Waals surface area (Å²) < 4.78 is 5.82. The molecule has 0 aliphatic heterocycles. The minimum atomic E-state index is 0.277. The Kier molecular flexibility index (Phi) is 5.51. The molecule has 84 valence electrons. The first-order valence-corrected chi connectivity index (χ1v) is 5.71. The van der Waals surface area contributed by atoms with Crippen molar-refractivity contribution in [1.29, 1.82) is 0 Å². The lowest BCUT2D eigenvalue weighted by Crippen LogP contribution is -2.21. The summed E-state index contributed by atoms with van der Waals surface area (Å²) in [5, 5.41) is 3.87. The molecule has 2 nitrogen and oxygen atoms in total. The second kappa shape index (κ2) is 6.70. The zero-order valence-corrected chi connectivity index (χ0v) is 10.1. The van der Waals surface area contributed by atoms with Gasteiger partial charge in [0.2, 0.25) is 0 Å². The molecular weight excluding hydrogens is 210 g/mol. The predicted molar refractivity (Wildman–Crippen MR) is 64.7 cm³/mol. The molecule has 0 saturated heterocycles. The zero-order valence-electron chi connectivity index (χ0n) is 9.29. The maximum absolute atomic E-state index is 5.82. The lowest BCUT2D eigenvalue weighted by Gasteiger charge is -2.17.